The minimum absolute atomic E-state index is 0.475. The fourth-order valence-corrected chi connectivity index (χ4v) is 4.05. The van der Waals surface area contributed by atoms with E-state index in [2.05, 4.69) is 46.9 Å². The SMILES string of the molecule is CCNC1c2ccccc2CCCC1Cc1nccs1. The van der Waals surface area contributed by atoms with Gasteiger partial charge >= 0.3 is 0 Å². The summed E-state index contributed by atoms with van der Waals surface area (Å²) in [7, 11) is 0. The summed E-state index contributed by atoms with van der Waals surface area (Å²) in [4.78, 5) is 4.48. The van der Waals surface area contributed by atoms with Gasteiger partial charge in [0, 0.05) is 24.0 Å². The van der Waals surface area contributed by atoms with Gasteiger partial charge in [-0.05, 0) is 42.9 Å². The maximum absolute atomic E-state index is 4.48. The molecule has 0 bridgehead atoms. The number of aromatic nitrogens is 1. The Labute approximate surface area is 125 Å². The topological polar surface area (TPSA) is 24.9 Å². The average molecular weight is 286 g/mol. The zero-order valence-electron chi connectivity index (χ0n) is 12.0. The van der Waals surface area contributed by atoms with Gasteiger partial charge in [0.2, 0.25) is 0 Å². The van der Waals surface area contributed by atoms with Gasteiger partial charge in [0.15, 0.2) is 0 Å². The van der Waals surface area contributed by atoms with Crippen LogP contribution in [0, 0.1) is 5.92 Å². The molecule has 0 spiro atoms. The Bertz CT molecular complexity index is 536. The van der Waals surface area contributed by atoms with E-state index in [1.807, 2.05) is 6.20 Å². The van der Waals surface area contributed by atoms with E-state index in [4.69, 9.17) is 0 Å². The molecule has 1 aromatic heterocycles. The number of rotatable bonds is 4. The zero-order chi connectivity index (χ0) is 13.8. The maximum atomic E-state index is 4.48. The lowest BCUT2D eigenvalue weighted by Gasteiger charge is -2.27. The molecule has 0 amide bonds. The van der Waals surface area contributed by atoms with E-state index in [0.717, 1.165) is 13.0 Å². The van der Waals surface area contributed by atoms with Crippen LogP contribution >= 0.6 is 11.3 Å². The first-order chi connectivity index (χ1) is 9.88. The van der Waals surface area contributed by atoms with E-state index in [-0.39, 0.29) is 0 Å². The minimum atomic E-state index is 0.475. The Morgan fingerprint density at radius 3 is 3.05 bits per heavy atom. The van der Waals surface area contributed by atoms with Crippen molar-refractivity contribution >= 4 is 11.3 Å². The van der Waals surface area contributed by atoms with Crippen molar-refractivity contribution in [1.82, 2.24) is 10.3 Å². The maximum Gasteiger partial charge on any atom is 0.0928 e. The van der Waals surface area contributed by atoms with Gasteiger partial charge in [-0.25, -0.2) is 4.98 Å². The molecule has 1 heterocycles. The second-order valence-electron chi connectivity index (χ2n) is 5.52. The molecular weight excluding hydrogens is 264 g/mol. The van der Waals surface area contributed by atoms with Gasteiger partial charge < -0.3 is 5.32 Å². The van der Waals surface area contributed by atoms with Gasteiger partial charge in [0.1, 0.15) is 0 Å². The molecule has 2 nitrogen and oxygen atoms in total. The Hall–Kier alpha value is -1.19. The van der Waals surface area contributed by atoms with E-state index in [1.165, 1.54) is 35.4 Å². The van der Waals surface area contributed by atoms with E-state index in [1.54, 1.807) is 11.3 Å². The van der Waals surface area contributed by atoms with Crippen LogP contribution in [0.15, 0.2) is 35.8 Å². The van der Waals surface area contributed by atoms with Crippen molar-refractivity contribution in [3.63, 3.8) is 0 Å². The predicted molar refractivity (Wildman–Crippen MR) is 85.1 cm³/mol. The smallest absolute Gasteiger partial charge is 0.0928 e. The number of hydrogen-bond donors (Lipinski definition) is 1. The van der Waals surface area contributed by atoms with Crippen molar-refractivity contribution in [1.29, 1.82) is 0 Å². The lowest BCUT2D eigenvalue weighted by Crippen LogP contribution is -2.29. The molecule has 0 fully saturated rings. The molecule has 0 aliphatic heterocycles. The standard InChI is InChI=1S/C17H22N2S/c1-2-18-17-14(12-16-19-10-11-20-16)8-5-7-13-6-3-4-9-15(13)17/h3-4,6,9-11,14,17-18H,2,5,7-8,12H2,1H3. The first kappa shape index (κ1) is 13.8. The molecule has 3 heteroatoms. The molecule has 1 aliphatic carbocycles. The van der Waals surface area contributed by atoms with Crippen LogP contribution in [-0.2, 0) is 12.8 Å². The first-order valence-electron chi connectivity index (χ1n) is 7.58. The van der Waals surface area contributed by atoms with Gasteiger partial charge in [-0.15, -0.1) is 11.3 Å². The summed E-state index contributed by atoms with van der Waals surface area (Å²) in [5.74, 6) is 0.657. The van der Waals surface area contributed by atoms with Crippen molar-refractivity contribution in [2.75, 3.05) is 6.54 Å². The summed E-state index contributed by atoms with van der Waals surface area (Å²) in [6.07, 6.45) is 6.81. The van der Waals surface area contributed by atoms with Crippen molar-refractivity contribution in [2.45, 2.75) is 38.6 Å². The summed E-state index contributed by atoms with van der Waals surface area (Å²) in [5.41, 5.74) is 3.04. The largest absolute Gasteiger partial charge is 0.310 e. The van der Waals surface area contributed by atoms with Gasteiger partial charge in [-0.3, -0.25) is 0 Å². The summed E-state index contributed by atoms with van der Waals surface area (Å²) in [6.45, 7) is 3.22. The van der Waals surface area contributed by atoms with E-state index in [9.17, 15) is 0 Å². The third kappa shape index (κ3) is 2.94. The van der Waals surface area contributed by atoms with E-state index >= 15 is 0 Å². The summed E-state index contributed by atoms with van der Waals surface area (Å²) < 4.78 is 0. The van der Waals surface area contributed by atoms with Gasteiger partial charge in [0.25, 0.3) is 0 Å². The highest BCUT2D eigenvalue weighted by molar-refractivity contribution is 7.09. The molecule has 3 rings (SSSR count). The molecule has 1 aromatic carbocycles. The van der Waals surface area contributed by atoms with Crippen LogP contribution in [0.4, 0.5) is 0 Å². The van der Waals surface area contributed by atoms with Crippen LogP contribution in [0.5, 0.6) is 0 Å². The third-order valence-corrected chi connectivity index (χ3v) is 5.03. The molecule has 2 aromatic rings. The predicted octanol–water partition coefficient (Wildman–Crippen LogP) is 3.99. The van der Waals surface area contributed by atoms with Crippen molar-refractivity contribution in [3.05, 3.63) is 52.0 Å². The van der Waals surface area contributed by atoms with Crippen molar-refractivity contribution in [3.8, 4) is 0 Å². The summed E-state index contributed by atoms with van der Waals surface area (Å²) in [6, 6.07) is 9.43. The van der Waals surface area contributed by atoms with Crippen LogP contribution in [0.1, 0.15) is 41.9 Å². The monoisotopic (exact) mass is 286 g/mol. The lowest BCUT2D eigenvalue weighted by molar-refractivity contribution is 0.346. The average Bonchev–Trinajstić information content (AvgIpc) is 2.91. The second-order valence-corrected chi connectivity index (χ2v) is 6.50. The van der Waals surface area contributed by atoms with Crippen LogP contribution in [-0.4, -0.2) is 11.5 Å². The quantitative estimate of drug-likeness (QED) is 0.860. The highest BCUT2D eigenvalue weighted by Gasteiger charge is 2.27. The van der Waals surface area contributed by atoms with E-state index in [0.29, 0.717) is 12.0 Å². The van der Waals surface area contributed by atoms with Crippen LogP contribution < -0.4 is 5.32 Å². The molecule has 2 atom stereocenters. The molecule has 2 unspecified atom stereocenters. The fraction of sp³-hybridized carbons (Fsp3) is 0.471. The first-order valence-corrected chi connectivity index (χ1v) is 8.46. The highest BCUT2D eigenvalue weighted by Crippen LogP contribution is 2.35. The number of benzene rings is 1. The third-order valence-electron chi connectivity index (χ3n) is 4.23. The Kier molecular flexibility index (Phi) is 4.48. The molecule has 0 saturated heterocycles. The molecule has 1 N–H and O–H groups in total. The molecule has 0 saturated carbocycles. The molecule has 0 radical (unpaired) electrons. The molecular formula is C17H22N2S. The summed E-state index contributed by atoms with van der Waals surface area (Å²) >= 11 is 1.79. The van der Waals surface area contributed by atoms with Crippen molar-refractivity contribution < 1.29 is 0 Å². The fourth-order valence-electron chi connectivity index (χ4n) is 3.34. The highest BCUT2D eigenvalue weighted by atomic mass is 32.1. The van der Waals surface area contributed by atoms with Crippen LogP contribution in [0.25, 0.3) is 0 Å². The Balaban J connectivity index is 1.89. The number of aryl methyl sites for hydroxylation is 1. The Morgan fingerprint density at radius 2 is 2.25 bits per heavy atom. The van der Waals surface area contributed by atoms with Gasteiger partial charge in [-0.1, -0.05) is 31.2 Å². The molecule has 1 aliphatic rings. The normalized spacial score (nSPS) is 22.2. The lowest BCUT2D eigenvalue weighted by atomic mass is 9.88. The van der Waals surface area contributed by atoms with Gasteiger partial charge in [0.05, 0.1) is 5.01 Å². The van der Waals surface area contributed by atoms with Gasteiger partial charge in [-0.2, -0.15) is 0 Å². The minimum Gasteiger partial charge on any atom is -0.310 e. The summed E-state index contributed by atoms with van der Waals surface area (Å²) in [5, 5.41) is 7.08. The molecule has 20 heavy (non-hydrogen) atoms. The molecule has 106 valence electrons. The number of fused-ring (bicyclic) bond motifs is 1. The number of nitrogens with one attached hydrogen (secondary N) is 1. The zero-order valence-corrected chi connectivity index (χ0v) is 12.8. The number of thiazole rings is 1. The van der Waals surface area contributed by atoms with Crippen LogP contribution in [0.3, 0.4) is 0 Å². The number of hydrogen-bond acceptors (Lipinski definition) is 3. The second kappa shape index (κ2) is 6.51. The van der Waals surface area contributed by atoms with Crippen molar-refractivity contribution in [2.24, 2.45) is 5.92 Å². The number of nitrogens with zero attached hydrogens (tertiary/aromatic N) is 1. The van der Waals surface area contributed by atoms with Crippen LogP contribution in [0.2, 0.25) is 0 Å². The van der Waals surface area contributed by atoms with E-state index < -0.39 is 0 Å². The Morgan fingerprint density at radius 1 is 1.35 bits per heavy atom.